The minimum absolute atomic E-state index is 0.000101. The molecule has 1 N–H and O–H groups in total. The number of benzene rings is 1. The zero-order valence-corrected chi connectivity index (χ0v) is 11.7. The summed E-state index contributed by atoms with van der Waals surface area (Å²) in [5.41, 5.74) is 1.89. The average molecular weight is 262 g/mol. The highest BCUT2D eigenvalue weighted by Crippen LogP contribution is 2.05. The van der Waals surface area contributed by atoms with Crippen LogP contribution in [0.25, 0.3) is 0 Å². The highest BCUT2D eigenvalue weighted by molar-refractivity contribution is 5.94. The molecule has 1 aliphatic heterocycles. The van der Waals surface area contributed by atoms with Crippen LogP contribution in [0.1, 0.15) is 22.8 Å². The van der Waals surface area contributed by atoms with Crippen LogP contribution in [0, 0.1) is 6.92 Å². The summed E-state index contributed by atoms with van der Waals surface area (Å²) in [6, 6.07) is 7.99. The molecular formula is C15H22N2O2. The number of nitrogens with zero attached hydrogens (tertiary/aromatic N) is 1. The minimum atomic E-state index is 0.000101. The zero-order valence-electron chi connectivity index (χ0n) is 11.7. The quantitative estimate of drug-likeness (QED) is 0.893. The molecule has 0 spiro atoms. The van der Waals surface area contributed by atoms with Crippen molar-refractivity contribution >= 4 is 5.91 Å². The van der Waals surface area contributed by atoms with Crippen LogP contribution >= 0.6 is 0 Å². The largest absolute Gasteiger partial charge is 0.379 e. The van der Waals surface area contributed by atoms with Crippen LogP contribution < -0.4 is 5.32 Å². The topological polar surface area (TPSA) is 41.6 Å². The number of morpholine rings is 1. The van der Waals surface area contributed by atoms with Crippen LogP contribution in [0.15, 0.2) is 24.3 Å². The van der Waals surface area contributed by atoms with Crippen LogP contribution in [0.2, 0.25) is 0 Å². The third-order valence-corrected chi connectivity index (χ3v) is 3.54. The van der Waals surface area contributed by atoms with Crippen molar-refractivity contribution in [1.29, 1.82) is 0 Å². The van der Waals surface area contributed by atoms with E-state index in [0.29, 0.717) is 12.6 Å². The van der Waals surface area contributed by atoms with Gasteiger partial charge in [0.2, 0.25) is 0 Å². The molecule has 1 aromatic rings. The van der Waals surface area contributed by atoms with Gasteiger partial charge in [0, 0.05) is 31.2 Å². The van der Waals surface area contributed by atoms with Crippen molar-refractivity contribution in [1.82, 2.24) is 10.2 Å². The Bertz CT molecular complexity index is 411. The maximum atomic E-state index is 12.0. The molecule has 4 nitrogen and oxygen atoms in total. The fourth-order valence-corrected chi connectivity index (χ4v) is 2.19. The van der Waals surface area contributed by atoms with E-state index in [1.807, 2.05) is 31.2 Å². The normalized spacial score (nSPS) is 18.0. The molecule has 1 unspecified atom stereocenters. The number of carbonyl (C=O) groups excluding carboxylic acids is 1. The van der Waals surface area contributed by atoms with E-state index in [0.717, 1.165) is 31.9 Å². The highest BCUT2D eigenvalue weighted by atomic mass is 16.5. The summed E-state index contributed by atoms with van der Waals surface area (Å²) in [6.45, 7) is 8.30. The molecule has 1 saturated heterocycles. The van der Waals surface area contributed by atoms with E-state index in [4.69, 9.17) is 4.74 Å². The molecule has 1 heterocycles. The van der Waals surface area contributed by atoms with Gasteiger partial charge in [0.15, 0.2) is 0 Å². The van der Waals surface area contributed by atoms with E-state index in [-0.39, 0.29) is 5.91 Å². The molecule has 104 valence electrons. The fourth-order valence-electron chi connectivity index (χ4n) is 2.19. The van der Waals surface area contributed by atoms with Gasteiger partial charge in [-0.1, -0.05) is 17.7 Å². The fraction of sp³-hybridized carbons (Fsp3) is 0.533. The Morgan fingerprint density at radius 2 is 1.95 bits per heavy atom. The van der Waals surface area contributed by atoms with E-state index in [9.17, 15) is 4.79 Å². The lowest BCUT2D eigenvalue weighted by molar-refractivity contribution is 0.0204. The van der Waals surface area contributed by atoms with Gasteiger partial charge in [-0.25, -0.2) is 0 Å². The molecule has 1 amide bonds. The summed E-state index contributed by atoms with van der Waals surface area (Å²) in [5.74, 6) is 0.000101. The van der Waals surface area contributed by atoms with Crippen molar-refractivity contribution in [3.63, 3.8) is 0 Å². The van der Waals surface area contributed by atoms with Gasteiger partial charge in [-0.15, -0.1) is 0 Å². The smallest absolute Gasteiger partial charge is 0.251 e. The van der Waals surface area contributed by atoms with Gasteiger partial charge in [-0.3, -0.25) is 9.69 Å². The molecule has 1 fully saturated rings. The monoisotopic (exact) mass is 262 g/mol. The van der Waals surface area contributed by atoms with Gasteiger partial charge in [0.25, 0.3) is 5.91 Å². The Hall–Kier alpha value is -1.39. The maximum absolute atomic E-state index is 12.0. The van der Waals surface area contributed by atoms with E-state index in [2.05, 4.69) is 17.1 Å². The SMILES string of the molecule is Cc1ccc(C(=O)NCC(C)N2CCOCC2)cc1. The standard InChI is InChI=1S/C15H22N2O2/c1-12-3-5-14(6-4-12)15(18)16-11-13(2)17-7-9-19-10-8-17/h3-6,13H,7-11H2,1-2H3,(H,16,18). The van der Waals surface area contributed by atoms with Gasteiger partial charge in [0.05, 0.1) is 13.2 Å². The second-order valence-corrected chi connectivity index (χ2v) is 5.07. The molecule has 19 heavy (non-hydrogen) atoms. The lowest BCUT2D eigenvalue weighted by Crippen LogP contribution is -2.47. The molecule has 1 aliphatic rings. The molecule has 0 saturated carbocycles. The Kier molecular flexibility index (Phi) is 4.93. The number of hydrogen-bond donors (Lipinski definition) is 1. The van der Waals surface area contributed by atoms with Gasteiger partial charge < -0.3 is 10.1 Å². The van der Waals surface area contributed by atoms with Crippen LogP contribution in [0.4, 0.5) is 0 Å². The first-order valence-electron chi connectivity index (χ1n) is 6.83. The second kappa shape index (κ2) is 6.68. The van der Waals surface area contributed by atoms with Crippen LogP contribution in [-0.2, 0) is 4.74 Å². The predicted octanol–water partition coefficient (Wildman–Crippen LogP) is 1.45. The van der Waals surface area contributed by atoms with E-state index < -0.39 is 0 Å². The summed E-state index contributed by atoms with van der Waals surface area (Å²) < 4.78 is 5.33. The minimum Gasteiger partial charge on any atom is -0.379 e. The van der Waals surface area contributed by atoms with E-state index in [1.165, 1.54) is 5.56 Å². The third-order valence-electron chi connectivity index (χ3n) is 3.54. The Morgan fingerprint density at radius 1 is 1.32 bits per heavy atom. The Morgan fingerprint density at radius 3 is 2.58 bits per heavy atom. The van der Waals surface area contributed by atoms with Crippen molar-refractivity contribution in [3.8, 4) is 0 Å². The van der Waals surface area contributed by atoms with E-state index >= 15 is 0 Å². The van der Waals surface area contributed by atoms with Crippen molar-refractivity contribution < 1.29 is 9.53 Å². The molecule has 1 atom stereocenters. The van der Waals surface area contributed by atoms with Crippen LogP contribution in [-0.4, -0.2) is 49.7 Å². The van der Waals surface area contributed by atoms with Crippen molar-refractivity contribution in [2.45, 2.75) is 19.9 Å². The van der Waals surface area contributed by atoms with Gasteiger partial charge in [-0.2, -0.15) is 0 Å². The Labute approximate surface area is 114 Å². The van der Waals surface area contributed by atoms with Crippen molar-refractivity contribution in [3.05, 3.63) is 35.4 Å². The Balaban J connectivity index is 1.81. The zero-order chi connectivity index (χ0) is 13.7. The number of carbonyl (C=O) groups is 1. The number of hydrogen-bond acceptors (Lipinski definition) is 3. The van der Waals surface area contributed by atoms with Crippen molar-refractivity contribution in [2.24, 2.45) is 0 Å². The summed E-state index contributed by atoms with van der Waals surface area (Å²) >= 11 is 0. The molecule has 0 bridgehead atoms. The maximum Gasteiger partial charge on any atom is 0.251 e. The molecule has 4 heteroatoms. The molecular weight excluding hydrogens is 240 g/mol. The molecule has 0 radical (unpaired) electrons. The summed E-state index contributed by atoms with van der Waals surface area (Å²) in [4.78, 5) is 14.3. The first-order chi connectivity index (χ1) is 9.16. The van der Waals surface area contributed by atoms with E-state index in [1.54, 1.807) is 0 Å². The first-order valence-corrected chi connectivity index (χ1v) is 6.83. The number of ether oxygens (including phenoxy) is 1. The second-order valence-electron chi connectivity index (χ2n) is 5.07. The summed E-state index contributed by atoms with van der Waals surface area (Å²) in [6.07, 6.45) is 0. The highest BCUT2D eigenvalue weighted by Gasteiger charge is 2.17. The number of rotatable bonds is 4. The molecule has 0 aromatic heterocycles. The lowest BCUT2D eigenvalue weighted by atomic mass is 10.1. The first kappa shape index (κ1) is 14.0. The molecule has 2 rings (SSSR count). The molecule has 0 aliphatic carbocycles. The van der Waals surface area contributed by atoms with Gasteiger partial charge >= 0.3 is 0 Å². The third kappa shape index (κ3) is 4.04. The number of aryl methyl sites for hydroxylation is 1. The predicted molar refractivity (Wildman–Crippen MR) is 75.4 cm³/mol. The summed E-state index contributed by atoms with van der Waals surface area (Å²) in [7, 11) is 0. The number of nitrogens with one attached hydrogen (secondary N) is 1. The lowest BCUT2D eigenvalue weighted by Gasteiger charge is -2.32. The van der Waals surface area contributed by atoms with Crippen LogP contribution in [0.3, 0.4) is 0 Å². The van der Waals surface area contributed by atoms with Gasteiger partial charge in [0.1, 0.15) is 0 Å². The number of amides is 1. The van der Waals surface area contributed by atoms with Gasteiger partial charge in [-0.05, 0) is 26.0 Å². The average Bonchev–Trinajstić information content (AvgIpc) is 2.46. The van der Waals surface area contributed by atoms with Crippen LogP contribution in [0.5, 0.6) is 0 Å². The molecule has 1 aromatic carbocycles. The summed E-state index contributed by atoms with van der Waals surface area (Å²) in [5, 5.41) is 2.99. The van der Waals surface area contributed by atoms with Crippen molar-refractivity contribution in [2.75, 3.05) is 32.8 Å².